The molecular formula is C18H18FN7. The Kier molecular flexibility index (Phi) is 3.22. The molecule has 0 saturated heterocycles. The fraction of sp³-hybridized carbons (Fsp3) is 0.333. The average Bonchev–Trinajstić information content (AvgIpc) is 3.08. The van der Waals surface area contributed by atoms with E-state index in [9.17, 15) is 4.39 Å². The van der Waals surface area contributed by atoms with Crippen LogP contribution in [0.25, 0.3) is 33.2 Å². The molecule has 8 heteroatoms. The number of aryl methyl sites for hydroxylation is 1. The van der Waals surface area contributed by atoms with E-state index in [0.717, 1.165) is 39.7 Å². The molecule has 0 atom stereocenters. The Morgan fingerprint density at radius 2 is 2.23 bits per heavy atom. The predicted octanol–water partition coefficient (Wildman–Crippen LogP) is 3.30. The van der Waals surface area contributed by atoms with Crippen molar-refractivity contribution in [2.24, 2.45) is 0 Å². The number of fused-ring (bicyclic) bond motifs is 2. The lowest BCUT2D eigenvalue weighted by Crippen LogP contribution is -2.17. The molecule has 1 aromatic carbocycles. The van der Waals surface area contributed by atoms with Gasteiger partial charge in [0.05, 0.1) is 12.1 Å². The van der Waals surface area contributed by atoms with Crippen molar-refractivity contribution in [3.05, 3.63) is 30.6 Å². The van der Waals surface area contributed by atoms with E-state index in [1.165, 1.54) is 0 Å². The van der Waals surface area contributed by atoms with Gasteiger partial charge in [-0.05, 0) is 37.5 Å². The van der Waals surface area contributed by atoms with Crippen LogP contribution in [0, 0.1) is 0 Å². The van der Waals surface area contributed by atoms with Gasteiger partial charge in [0.25, 0.3) is 0 Å². The van der Waals surface area contributed by atoms with E-state index in [2.05, 4.69) is 36.6 Å². The molecule has 0 aliphatic heterocycles. The molecule has 4 aromatic rings. The Bertz CT molecular complexity index is 1110. The van der Waals surface area contributed by atoms with Crippen LogP contribution in [0.15, 0.2) is 30.6 Å². The zero-order chi connectivity index (χ0) is 17.7. The van der Waals surface area contributed by atoms with Gasteiger partial charge in [-0.1, -0.05) is 11.3 Å². The Balaban J connectivity index is 1.50. The number of H-pyrrole nitrogens is 1. The number of rotatable bonds is 5. The summed E-state index contributed by atoms with van der Waals surface area (Å²) in [5.74, 6) is 0.443. The van der Waals surface area contributed by atoms with E-state index in [0.29, 0.717) is 18.8 Å². The molecule has 1 saturated carbocycles. The molecule has 0 radical (unpaired) electrons. The summed E-state index contributed by atoms with van der Waals surface area (Å²) < 4.78 is 15.6. The highest BCUT2D eigenvalue weighted by Crippen LogP contribution is 2.39. The van der Waals surface area contributed by atoms with Crippen LogP contribution in [0.5, 0.6) is 0 Å². The van der Waals surface area contributed by atoms with E-state index >= 15 is 0 Å². The fourth-order valence-electron chi connectivity index (χ4n) is 3.15. The molecule has 0 bridgehead atoms. The number of nitrogens with zero attached hydrogens (tertiary/aromatic N) is 5. The van der Waals surface area contributed by atoms with Crippen molar-refractivity contribution in [1.82, 2.24) is 29.9 Å². The van der Waals surface area contributed by atoms with Gasteiger partial charge in [-0.2, -0.15) is 4.98 Å². The van der Waals surface area contributed by atoms with Crippen molar-refractivity contribution in [2.75, 3.05) is 11.9 Å². The number of aromatic amines is 1. The average molecular weight is 351 g/mol. The number of benzene rings is 1. The molecule has 7 nitrogen and oxygen atoms in total. The number of anilines is 1. The van der Waals surface area contributed by atoms with Crippen LogP contribution in [-0.2, 0) is 6.54 Å². The van der Waals surface area contributed by atoms with Crippen molar-refractivity contribution in [1.29, 1.82) is 0 Å². The summed E-state index contributed by atoms with van der Waals surface area (Å²) in [5.41, 5.74) is 3.58. The van der Waals surface area contributed by atoms with Gasteiger partial charge in [0.1, 0.15) is 16.8 Å². The van der Waals surface area contributed by atoms with Crippen molar-refractivity contribution in [3.63, 3.8) is 0 Å². The molecule has 132 valence electrons. The summed E-state index contributed by atoms with van der Waals surface area (Å²) in [6.45, 7) is 3.07. The maximum absolute atomic E-state index is 13.7. The van der Waals surface area contributed by atoms with Crippen molar-refractivity contribution in [2.45, 2.75) is 32.0 Å². The number of nitrogens with one attached hydrogen (secondary N) is 2. The molecule has 1 aliphatic carbocycles. The van der Waals surface area contributed by atoms with Gasteiger partial charge in [0.15, 0.2) is 0 Å². The van der Waals surface area contributed by atoms with Crippen molar-refractivity contribution >= 4 is 28.0 Å². The zero-order valence-corrected chi connectivity index (χ0v) is 14.3. The number of alkyl halides is 1. The number of hydrogen-bond donors (Lipinski definition) is 2. The summed E-state index contributed by atoms with van der Waals surface area (Å²) in [4.78, 5) is 12.0. The minimum absolute atomic E-state index is 0.261. The smallest absolute Gasteiger partial charge is 0.224 e. The summed E-state index contributed by atoms with van der Waals surface area (Å²) in [6.07, 6.45) is 4.91. The predicted molar refractivity (Wildman–Crippen MR) is 97.6 cm³/mol. The van der Waals surface area contributed by atoms with E-state index in [-0.39, 0.29) is 6.54 Å². The summed E-state index contributed by atoms with van der Waals surface area (Å²) >= 11 is 0. The first-order valence-electron chi connectivity index (χ1n) is 8.76. The SMILES string of the molecule is CCn1nnc2ccc(-c3c[nH]c4nc(NCC5(F)CC5)ncc34)cc21. The molecule has 0 amide bonds. The lowest BCUT2D eigenvalue weighted by Gasteiger charge is -2.07. The molecule has 1 aliphatic rings. The van der Waals surface area contributed by atoms with E-state index in [1.54, 1.807) is 6.20 Å². The highest BCUT2D eigenvalue weighted by Gasteiger charge is 2.43. The first-order chi connectivity index (χ1) is 12.6. The molecular weight excluding hydrogens is 333 g/mol. The second-order valence-corrected chi connectivity index (χ2v) is 6.77. The van der Waals surface area contributed by atoms with E-state index in [4.69, 9.17) is 0 Å². The number of halogens is 1. The maximum atomic E-state index is 13.7. The highest BCUT2D eigenvalue weighted by molar-refractivity contribution is 5.95. The van der Waals surface area contributed by atoms with Crippen LogP contribution in [0.2, 0.25) is 0 Å². The largest absolute Gasteiger partial charge is 0.351 e. The molecule has 1 fully saturated rings. The van der Waals surface area contributed by atoms with Crippen LogP contribution >= 0.6 is 0 Å². The van der Waals surface area contributed by atoms with Crippen LogP contribution in [0.4, 0.5) is 10.3 Å². The molecule has 3 heterocycles. The molecule has 26 heavy (non-hydrogen) atoms. The first-order valence-corrected chi connectivity index (χ1v) is 8.76. The lowest BCUT2D eigenvalue weighted by molar-refractivity contribution is 0.326. The summed E-state index contributed by atoms with van der Waals surface area (Å²) in [5, 5.41) is 12.2. The van der Waals surface area contributed by atoms with Crippen LogP contribution < -0.4 is 5.32 Å². The molecule has 0 spiro atoms. The Morgan fingerprint density at radius 1 is 1.35 bits per heavy atom. The summed E-state index contributed by atoms with van der Waals surface area (Å²) in [6, 6.07) is 6.06. The maximum Gasteiger partial charge on any atom is 0.224 e. The highest BCUT2D eigenvalue weighted by atomic mass is 19.1. The molecule has 2 N–H and O–H groups in total. The van der Waals surface area contributed by atoms with E-state index in [1.807, 2.05) is 29.9 Å². The first kappa shape index (κ1) is 15.2. The monoisotopic (exact) mass is 351 g/mol. The van der Waals surface area contributed by atoms with Crippen LogP contribution in [0.3, 0.4) is 0 Å². The zero-order valence-electron chi connectivity index (χ0n) is 14.3. The van der Waals surface area contributed by atoms with Crippen LogP contribution in [0.1, 0.15) is 19.8 Å². The minimum Gasteiger partial charge on any atom is -0.351 e. The molecule has 3 aromatic heterocycles. The van der Waals surface area contributed by atoms with Gasteiger partial charge < -0.3 is 10.3 Å². The van der Waals surface area contributed by atoms with Gasteiger partial charge in [-0.25, -0.2) is 14.1 Å². The summed E-state index contributed by atoms with van der Waals surface area (Å²) in [7, 11) is 0. The standard InChI is InChI=1S/C18H18FN7/c1-2-26-15-7-11(3-4-14(15)24-25-26)12-8-20-16-13(12)9-21-17(23-16)22-10-18(19)5-6-18/h3-4,7-9H,2,5-6,10H2,1H3,(H2,20,21,22,23). The number of aromatic nitrogens is 6. The third-order valence-corrected chi connectivity index (χ3v) is 4.91. The van der Waals surface area contributed by atoms with Gasteiger partial charge in [0.2, 0.25) is 5.95 Å². The number of hydrogen-bond acceptors (Lipinski definition) is 5. The normalized spacial score (nSPS) is 15.6. The molecule has 5 rings (SSSR count). The third-order valence-electron chi connectivity index (χ3n) is 4.91. The van der Waals surface area contributed by atoms with E-state index < -0.39 is 5.67 Å². The van der Waals surface area contributed by atoms with Crippen LogP contribution in [-0.4, -0.2) is 42.2 Å². The van der Waals surface area contributed by atoms with Gasteiger partial charge in [-0.3, -0.25) is 0 Å². The Morgan fingerprint density at radius 3 is 3.04 bits per heavy atom. The second kappa shape index (κ2) is 5.48. The van der Waals surface area contributed by atoms with Gasteiger partial charge >= 0.3 is 0 Å². The quantitative estimate of drug-likeness (QED) is 0.576. The Hall–Kier alpha value is -3.03. The fourth-order valence-corrected chi connectivity index (χ4v) is 3.15. The molecule has 0 unspecified atom stereocenters. The second-order valence-electron chi connectivity index (χ2n) is 6.77. The third kappa shape index (κ3) is 2.49. The minimum atomic E-state index is -1.08. The van der Waals surface area contributed by atoms with Crippen molar-refractivity contribution in [3.8, 4) is 11.1 Å². The van der Waals surface area contributed by atoms with Gasteiger partial charge in [0, 0.05) is 29.9 Å². The van der Waals surface area contributed by atoms with Gasteiger partial charge in [-0.15, -0.1) is 5.10 Å². The Labute approximate surface area is 148 Å². The lowest BCUT2D eigenvalue weighted by atomic mass is 10.1. The topological polar surface area (TPSA) is 84.3 Å². The van der Waals surface area contributed by atoms with Crippen molar-refractivity contribution < 1.29 is 4.39 Å².